The van der Waals surface area contributed by atoms with E-state index < -0.39 is 0 Å². The molecule has 35 heavy (non-hydrogen) atoms. The third-order valence-corrected chi connectivity index (χ3v) is 5.41. The Morgan fingerprint density at radius 1 is 0.829 bits per heavy atom. The number of ether oxygens (including phenoxy) is 1. The van der Waals surface area contributed by atoms with Crippen molar-refractivity contribution in [3.63, 3.8) is 0 Å². The molecule has 1 N–H and O–H groups in total. The van der Waals surface area contributed by atoms with Crippen molar-refractivity contribution < 1.29 is 13.9 Å². The van der Waals surface area contributed by atoms with E-state index in [1.165, 1.54) is 4.68 Å². The molecular weight excluding hydrogens is 440 g/mol. The molecule has 7 heteroatoms. The maximum Gasteiger partial charge on any atom is 0.254 e. The molecule has 0 fully saturated rings. The van der Waals surface area contributed by atoms with Gasteiger partial charge in [0.05, 0.1) is 12.7 Å². The van der Waals surface area contributed by atoms with Gasteiger partial charge < -0.3 is 14.5 Å². The Morgan fingerprint density at radius 3 is 2.23 bits per heavy atom. The molecule has 3 aromatic carbocycles. The van der Waals surface area contributed by atoms with Crippen LogP contribution in [0, 0.1) is 0 Å². The summed E-state index contributed by atoms with van der Waals surface area (Å²) in [5.41, 5.74) is 3.04. The number of hydrogen-bond acceptors (Lipinski definition) is 6. The van der Waals surface area contributed by atoms with Crippen LogP contribution in [0.3, 0.4) is 0 Å². The van der Waals surface area contributed by atoms with Crippen molar-refractivity contribution in [1.82, 2.24) is 14.8 Å². The monoisotopic (exact) mass is 464 g/mol. The normalized spacial score (nSPS) is 10.7. The molecule has 0 aliphatic heterocycles. The molecule has 0 radical (unpaired) electrons. The van der Waals surface area contributed by atoms with Crippen LogP contribution >= 0.6 is 0 Å². The largest absolute Gasteiger partial charge is 0.489 e. The summed E-state index contributed by atoms with van der Waals surface area (Å²) in [5.74, 6) is 1.82. The quantitative estimate of drug-likeness (QED) is 0.305. The van der Waals surface area contributed by atoms with Crippen molar-refractivity contribution in [1.29, 1.82) is 0 Å². The summed E-state index contributed by atoms with van der Waals surface area (Å²) in [6.45, 7) is 0.981. The van der Waals surface area contributed by atoms with E-state index in [9.17, 15) is 4.79 Å². The summed E-state index contributed by atoms with van der Waals surface area (Å²) >= 11 is 0. The van der Waals surface area contributed by atoms with Crippen LogP contribution in [0.15, 0.2) is 108 Å². The third-order valence-electron chi connectivity index (χ3n) is 5.41. The van der Waals surface area contributed by atoms with Crippen LogP contribution in [0.4, 0.5) is 5.95 Å². The number of rotatable bonds is 9. The van der Waals surface area contributed by atoms with Gasteiger partial charge in [-0.1, -0.05) is 72.8 Å². The summed E-state index contributed by atoms with van der Waals surface area (Å²) in [6, 6.07) is 30.9. The van der Waals surface area contributed by atoms with Gasteiger partial charge in [-0.05, 0) is 41.0 Å². The van der Waals surface area contributed by atoms with Gasteiger partial charge in [0.2, 0.25) is 11.8 Å². The van der Waals surface area contributed by atoms with Crippen molar-refractivity contribution in [2.24, 2.45) is 0 Å². The molecule has 0 aliphatic rings. The van der Waals surface area contributed by atoms with Crippen LogP contribution in [0.2, 0.25) is 0 Å². The smallest absolute Gasteiger partial charge is 0.254 e. The van der Waals surface area contributed by atoms with Crippen LogP contribution in [0.1, 0.15) is 21.5 Å². The summed E-state index contributed by atoms with van der Waals surface area (Å²) in [5, 5.41) is 7.65. The predicted molar refractivity (Wildman–Crippen MR) is 133 cm³/mol. The molecule has 0 amide bonds. The third kappa shape index (κ3) is 5.65. The van der Waals surface area contributed by atoms with Crippen LogP contribution < -0.4 is 10.1 Å². The number of furan rings is 1. The van der Waals surface area contributed by atoms with Gasteiger partial charge in [0, 0.05) is 6.54 Å². The molecule has 174 valence electrons. The van der Waals surface area contributed by atoms with Gasteiger partial charge in [-0.3, -0.25) is 4.79 Å². The summed E-state index contributed by atoms with van der Waals surface area (Å²) in [6.07, 6.45) is 1.76. The fraction of sp³-hybridized carbons (Fsp3) is 0.107. The first-order chi connectivity index (χ1) is 17.2. The Hall–Kier alpha value is -4.65. The number of nitrogens with zero attached hydrogens (tertiary/aromatic N) is 3. The van der Waals surface area contributed by atoms with Gasteiger partial charge in [-0.25, -0.2) is 0 Å². The van der Waals surface area contributed by atoms with Crippen LogP contribution in [-0.4, -0.2) is 20.7 Å². The fourth-order valence-corrected chi connectivity index (χ4v) is 3.58. The number of carbonyl (C=O) groups excluding carboxylic acids is 1. The molecule has 0 saturated carbocycles. The molecule has 0 unspecified atom stereocenters. The minimum absolute atomic E-state index is 0.186. The molecule has 5 aromatic rings. The van der Waals surface area contributed by atoms with Gasteiger partial charge in [0.15, 0.2) is 5.76 Å². The van der Waals surface area contributed by atoms with Gasteiger partial charge in [-0.2, -0.15) is 9.67 Å². The Kier molecular flexibility index (Phi) is 6.66. The van der Waals surface area contributed by atoms with Crippen LogP contribution in [0.25, 0.3) is 11.6 Å². The Labute approximate surface area is 203 Å². The second kappa shape index (κ2) is 10.5. The second-order valence-corrected chi connectivity index (χ2v) is 7.98. The average molecular weight is 465 g/mol. The first-order valence-corrected chi connectivity index (χ1v) is 11.3. The summed E-state index contributed by atoms with van der Waals surface area (Å²) in [4.78, 5) is 17.5. The van der Waals surface area contributed by atoms with Gasteiger partial charge >= 0.3 is 0 Å². The Bertz CT molecular complexity index is 1360. The lowest BCUT2D eigenvalue weighted by atomic mass is 10.1. The predicted octanol–water partition coefficient (Wildman–Crippen LogP) is 5.61. The van der Waals surface area contributed by atoms with Gasteiger partial charge in [0.25, 0.3) is 5.91 Å². The minimum atomic E-state index is -0.186. The van der Waals surface area contributed by atoms with E-state index in [-0.39, 0.29) is 12.3 Å². The molecule has 7 nitrogen and oxygen atoms in total. The minimum Gasteiger partial charge on any atom is -0.489 e. The van der Waals surface area contributed by atoms with E-state index in [0.717, 1.165) is 22.4 Å². The standard InChI is InChI=1S/C28H24N4O3/c33-26(18-21-8-3-1-4-9-21)32-28(30-27(31-32)25-12-7-17-34-25)29-19-22-13-15-24(16-14-22)35-20-23-10-5-2-6-11-23/h1-17H,18-20H2,(H,29,30,31). The van der Waals surface area contributed by atoms with E-state index in [0.29, 0.717) is 30.7 Å². The lowest BCUT2D eigenvalue weighted by molar-refractivity contribution is 0.0901. The number of nitrogens with one attached hydrogen (secondary N) is 1. The zero-order valence-corrected chi connectivity index (χ0v) is 19.0. The Morgan fingerprint density at radius 2 is 1.54 bits per heavy atom. The zero-order chi connectivity index (χ0) is 23.9. The molecule has 2 heterocycles. The van der Waals surface area contributed by atoms with E-state index in [4.69, 9.17) is 9.15 Å². The zero-order valence-electron chi connectivity index (χ0n) is 19.0. The van der Waals surface area contributed by atoms with Crippen molar-refractivity contribution >= 4 is 11.9 Å². The van der Waals surface area contributed by atoms with Gasteiger partial charge in [-0.15, -0.1) is 5.10 Å². The molecule has 0 bridgehead atoms. The average Bonchev–Trinajstić information content (AvgIpc) is 3.58. The molecule has 5 rings (SSSR count). The van der Waals surface area contributed by atoms with Crippen molar-refractivity contribution in [3.8, 4) is 17.3 Å². The number of anilines is 1. The SMILES string of the molecule is O=C(Cc1ccccc1)n1nc(-c2ccco2)nc1NCc1ccc(OCc2ccccc2)cc1. The lowest BCUT2D eigenvalue weighted by Gasteiger charge is -2.09. The van der Waals surface area contributed by atoms with E-state index >= 15 is 0 Å². The van der Waals surface area contributed by atoms with E-state index in [1.807, 2.05) is 84.9 Å². The molecular formula is C28H24N4O3. The molecule has 0 aliphatic carbocycles. The van der Waals surface area contributed by atoms with Crippen molar-refractivity contribution in [2.45, 2.75) is 19.6 Å². The maximum atomic E-state index is 13.0. The van der Waals surface area contributed by atoms with Crippen molar-refractivity contribution in [3.05, 3.63) is 120 Å². The summed E-state index contributed by atoms with van der Waals surface area (Å²) < 4.78 is 12.6. The fourth-order valence-electron chi connectivity index (χ4n) is 3.58. The highest BCUT2D eigenvalue weighted by Gasteiger charge is 2.19. The number of hydrogen-bond donors (Lipinski definition) is 1. The first kappa shape index (κ1) is 22.2. The highest BCUT2D eigenvalue weighted by atomic mass is 16.5. The highest BCUT2D eigenvalue weighted by Crippen LogP contribution is 2.20. The Balaban J connectivity index is 1.27. The molecule has 2 aromatic heterocycles. The number of carbonyl (C=O) groups is 1. The van der Waals surface area contributed by atoms with Crippen LogP contribution in [-0.2, 0) is 19.6 Å². The van der Waals surface area contributed by atoms with E-state index in [1.54, 1.807) is 18.4 Å². The number of benzene rings is 3. The summed E-state index contributed by atoms with van der Waals surface area (Å²) in [7, 11) is 0. The second-order valence-electron chi connectivity index (χ2n) is 7.98. The highest BCUT2D eigenvalue weighted by molar-refractivity contribution is 5.83. The molecule has 0 saturated heterocycles. The topological polar surface area (TPSA) is 82.2 Å². The van der Waals surface area contributed by atoms with Crippen molar-refractivity contribution in [2.75, 3.05) is 5.32 Å². The van der Waals surface area contributed by atoms with Crippen LogP contribution in [0.5, 0.6) is 5.75 Å². The number of aromatic nitrogens is 3. The van der Waals surface area contributed by atoms with Gasteiger partial charge in [0.1, 0.15) is 12.4 Å². The lowest BCUT2D eigenvalue weighted by Crippen LogP contribution is -2.18. The molecule has 0 atom stereocenters. The molecule has 0 spiro atoms. The maximum absolute atomic E-state index is 13.0. The first-order valence-electron chi connectivity index (χ1n) is 11.3. The van der Waals surface area contributed by atoms with E-state index in [2.05, 4.69) is 15.4 Å².